The van der Waals surface area contributed by atoms with E-state index in [4.69, 9.17) is 0 Å². The highest BCUT2D eigenvalue weighted by Crippen LogP contribution is 2.45. The van der Waals surface area contributed by atoms with Crippen LogP contribution in [-0.4, -0.2) is 16.0 Å². The molecule has 4 nitrogen and oxygen atoms in total. The summed E-state index contributed by atoms with van der Waals surface area (Å²) in [7, 11) is 0. The third-order valence-electron chi connectivity index (χ3n) is 3.73. The van der Waals surface area contributed by atoms with Crippen molar-refractivity contribution < 1.29 is 9.90 Å². The molecule has 1 aromatic heterocycles. The largest absolute Gasteiger partial charge is 0.507 e. The third kappa shape index (κ3) is 2.34. The van der Waals surface area contributed by atoms with Crippen molar-refractivity contribution in [2.24, 2.45) is 5.41 Å². The predicted molar refractivity (Wildman–Crippen MR) is 76.9 cm³/mol. The maximum Gasteiger partial charge on any atom is 0.226 e. The minimum atomic E-state index is -0.146. The Morgan fingerprint density at radius 1 is 1.47 bits per heavy atom. The zero-order valence-electron chi connectivity index (χ0n) is 10.6. The van der Waals surface area contributed by atoms with E-state index in [0.29, 0.717) is 11.0 Å². The maximum atomic E-state index is 11.9. The number of aromatic nitrogens is 1. The van der Waals surface area contributed by atoms with Gasteiger partial charge in [0.05, 0.1) is 11.0 Å². The first-order valence-electron chi connectivity index (χ1n) is 6.26. The Bertz CT molecular complexity index is 620. The van der Waals surface area contributed by atoms with Crippen LogP contribution in [0.5, 0.6) is 5.75 Å². The summed E-state index contributed by atoms with van der Waals surface area (Å²) in [5, 5.41) is 13.6. The summed E-state index contributed by atoms with van der Waals surface area (Å²) in [5.41, 5.74) is 1.65. The summed E-state index contributed by atoms with van der Waals surface area (Å²) in [5.74, 6) is 0.325. The number of phenolic OH excluding ortho intramolecular Hbond substituents is 1. The van der Waals surface area contributed by atoms with E-state index in [1.165, 1.54) is 0 Å². The molecule has 3 N–H and O–H groups in total. The molecule has 5 heteroatoms. The molecule has 3 rings (SSSR count). The van der Waals surface area contributed by atoms with E-state index in [2.05, 4.69) is 26.2 Å². The van der Waals surface area contributed by atoms with Gasteiger partial charge in [0.1, 0.15) is 5.75 Å². The maximum absolute atomic E-state index is 11.9. The van der Waals surface area contributed by atoms with E-state index in [1.54, 1.807) is 6.07 Å². The van der Waals surface area contributed by atoms with Gasteiger partial charge in [-0.15, -0.1) is 0 Å². The molecule has 19 heavy (non-hydrogen) atoms. The van der Waals surface area contributed by atoms with Crippen molar-refractivity contribution in [3.05, 3.63) is 28.4 Å². The van der Waals surface area contributed by atoms with Crippen molar-refractivity contribution in [2.75, 3.05) is 0 Å². The number of hydrogen-bond donors (Lipinski definition) is 3. The SMILES string of the molecule is CC1(C(=O)NCc2cc3cc(Br)c(O)cc3[nH]2)CC1. The molecule has 1 aliphatic rings. The summed E-state index contributed by atoms with van der Waals surface area (Å²) in [6.07, 6.45) is 1.96. The van der Waals surface area contributed by atoms with Crippen LogP contribution in [0.2, 0.25) is 0 Å². The topological polar surface area (TPSA) is 65.1 Å². The number of phenols is 1. The van der Waals surface area contributed by atoms with Gasteiger partial charge in [0.15, 0.2) is 0 Å². The Morgan fingerprint density at radius 3 is 2.89 bits per heavy atom. The quantitative estimate of drug-likeness (QED) is 0.813. The summed E-state index contributed by atoms with van der Waals surface area (Å²) >= 11 is 3.29. The van der Waals surface area contributed by atoms with Crippen LogP contribution >= 0.6 is 15.9 Å². The summed E-state index contributed by atoms with van der Waals surface area (Å²) in [6.45, 7) is 2.48. The van der Waals surface area contributed by atoms with Crippen LogP contribution < -0.4 is 5.32 Å². The second kappa shape index (κ2) is 4.27. The van der Waals surface area contributed by atoms with Crippen molar-refractivity contribution in [3.8, 4) is 5.75 Å². The minimum Gasteiger partial charge on any atom is -0.507 e. The molecule has 1 aliphatic carbocycles. The van der Waals surface area contributed by atoms with Crippen LogP contribution in [0.1, 0.15) is 25.5 Å². The van der Waals surface area contributed by atoms with Gasteiger partial charge in [-0.1, -0.05) is 6.92 Å². The highest BCUT2D eigenvalue weighted by Gasteiger charge is 2.44. The van der Waals surface area contributed by atoms with Gasteiger partial charge < -0.3 is 15.4 Å². The van der Waals surface area contributed by atoms with E-state index in [0.717, 1.165) is 29.4 Å². The van der Waals surface area contributed by atoms with Crippen LogP contribution in [0.3, 0.4) is 0 Å². The molecule has 1 aromatic carbocycles. The second-order valence-electron chi connectivity index (χ2n) is 5.43. The summed E-state index contributed by atoms with van der Waals surface area (Å²) < 4.78 is 0.667. The van der Waals surface area contributed by atoms with Gasteiger partial charge >= 0.3 is 0 Å². The average Bonchev–Trinajstić information content (AvgIpc) is 2.99. The lowest BCUT2D eigenvalue weighted by molar-refractivity contribution is -0.125. The molecule has 0 spiro atoms. The summed E-state index contributed by atoms with van der Waals surface area (Å²) in [6, 6.07) is 5.51. The number of halogens is 1. The molecule has 0 unspecified atom stereocenters. The standard InChI is InChI=1S/C14H15BrN2O2/c1-14(2-3-14)13(19)16-7-9-4-8-5-10(15)12(18)6-11(8)17-9/h4-6,17-18H,2-3,7H2,1H3,(H,16,19). The molecule has 1 saturated carbocycles. The molecule has 0 aliphatic heterocycles. The molecule has 0 radical (unpaired) electrons. The number of amides is 1. The number of H-pyrrole nitrogens is 1. The fourth-order valence-electron chi connectivity index (χ4n) is 2.10. The summed E-state index contributed by atoms with van der Waals surface area (Å²) in [4.78, 5) is 15.0. The smallest absolute Gasteiger partial charge is 0.226 e. The fraction of sp³-hybridized carbons (Fsp3) is 0.357. The Labute approximate surface area is 119 Å². The number of fused-ring (bicyclic) bond motifs is 1. The van der Waals surface area contributed by atoms with E-state index in [1.807, 2.05) is 19.1 Å². The van der Waals surface area contributed by atoms with Gasteiger partial charge in [-0.3, -0.25) is 4.79 Å². The number of hydrogen-bond acceptors (Lipinski definition) is 2. The number of rotatable bonds is 3. The molecule has 0 bridgehead atoms. The number of aromatic hydroxyl groups is 1. The molecular formula is C14H15BrN2O2. The van der Waals surface area contributed by atoms with Crippen LogP contribution in [0, 0.1) is 5.41 Å². The van der Waals surface area contributed by atoms with Crippen LogP contribution in [0.4, 0.5) is 0 Å². The Balaban J connectivity index is 1.76. The van der Waals surface area contributed by atoms with E-state index < -0.39 is 0 Å². The lowest BCUT2D eigenvalue weighted by Crippen LogP contribution is -2.29. The number of benzene rings is 1. The second-order valence-corrected chi connectivity index (χ2v) is 6.28. The first kappa shape index (κ1) is 12.5. The van der Waals surface area contributed by atoms with Crippen molar-refractivity contribution in [2.45, 2.75) is 26.3 Å². The van der Waals surface area contributed by atoms with Gasteiger partial charge in [0, 0.05) is 28.1 Å². The van der Waals surface area contributed by atoms with E-state index in [-0.39, 0.29) is 17.1 Å². The highest BCUT2D eigenvalue weighted by atomic mass is 79.9. The Morgan fingerprint density at radius 2 is 2.21 bits per heavy atom. The van der Waals surface area contributed by atoms with Crippen LogP contribution in [0.15, 0.2) is 22.7 Å². The number of nitrogens with one attached hydrogen (secondary N) is 2. The Kier molecular flexibility index (Phi) is 2.82. The molecule has 100 valence electrons. The van der Waals surface area contributed by atoms with E-state index >= 15 is 0 Å². The molecule has 1 heterocycles. The number of carbonyl (C=O) groups excluding carboxylic acids is 1. The normalized spacial score (nSPS) is 16.5. The molecule has 1 fully saturated rings. The molecule has 2 aromatic rings. The molecule has 1 amide bonds. The monoisotopic (exact) mass is 322 g/mol. The predicted octanol–water partition coefficient (Wildman–Crippen LogP) is 3.05. The van der Waals surface area contributed by atoms with Gasteiger partial charge in [-0.05, 0) is 40.9 Å². The van der Waals surface area contributed by atoms with E-state index in [9.17, 15) is 9.90 Å². The lowest BCUT2D eigenvalue weighted by atomic mass is 10.1. The van der Waals surface area contributed by atoms with Crippen molar-refractivity contribution in [1.29, 1.82) is 0 Å². The van der Waals surface area contributed by atoms with Crippen LogP contribution in [0.25, 0.3) is 10.9 Å². The zero-order valence-corrected chi connectivity index (χ0v) is 12.2. The lowest BCUT2D eigenvalue weighted by Gasteiger charge is -2.08. The first-order valence-corrected chi connectivity index (χ1v) is 7.06. The minimum absolute atomic E-state index is 0.121. The number of carbonyl (C=O) groups is 1. The van der Waals surface area contributed by atoms with Gasteiger partial charge in [0.2, 0.25) is 5.91 Å². The molecule has 0 saturated heterocycles. The van der Waals surface area contributed by atoms with Gasteiger partial charge in [0.25, 0.3) is 0 Å². The number of aromatic amines is 1. The Hall–Kier alpha value is -1.49. The first-order chi connectivity index (χ1) is 8.98. The van der Waals surface area contributed by atoms with Crippen LogP contribution in [-0.2, 0) is 11.3 Å². The highest BCUT2D eigenvalue weighted by molar-refractivity contribution is 9.10. The fourth-order valence-corrected chi connectivity index (χ4v) is 2.46. The molecule has 0 atom stereocenters. The van der Waals surface area contributed by atoms with Crippen molar-refractivity contribution in [3.63, 3.8) is 0 Å². The average molecular weight is 323 g/mol. The molecular weight excluding hydrogens is 308 g/mol. The van der Waals surface area contributed by atoms with Gasteiger partial charge in [-0.25, -0.2) is 0 Å². The zero-order chi connectivity index (χ0) is 13.6. The van der Waals surface area contributed by atoms with Crippen molar-refractivity contribution in [1.82, 2.24) is 10.3 Å². The van der Waals surface area contributed by atoms with Crippen molar-refractivity contribution >= 4 is 32.7 Å². The van der Waals surface area contributed by atoms with Gasteiger partial charge in [-0.2, -0.15) is 0 Å². The third-order valence-corrected chi connectivity index (χ3v) is 4.37.